The first-order valence-corrected chi connectivity index (χ1v) is 14.0. The normalized spacial score (nSPS) is 14.9. The number of methoxy groups -OCH3 is 1. The predicted octanol–water partition coefficient (Wildman–Crippen LogP) is 5.04. The first-order chi connectivity index (χ1) is 14.1. The van der Waals surface area contributed by atoms with Gasteiger partial charge in [-0.25, -0.2) is 21.6 Å². The van der Waals surface area contributed by atoms with Crippen LogP contribution < -0.4 is 4.74 Å². The van der Waals surface area contributed by atoms with Crippen LogP contribution in [0, 0.1) is 6.92 Å². The standard InChI is InChI=1S/C17H17F5O7S3/c1-10-12(17(23)28-2)6-7-13(16(10)31(4,26)27)29-11-5-8-14(30(3,24)25)15(9-11)32(18,19,20,21)22/h5-9H,1-4H3. The summed E-state index contributed by atoms with van der Waals surface area (Å²) in [5.74, 6) is -2.38. The lowest BCUT2D eigenvalue weighted by Gasteiger charge is -2.41. The molecule has 0 amide bonds. The molecule has 15 heteroatoms. The van der Waals surface area contributed by atoms with Crippen molar-refractivity contribution < 1.29 is 50.5 Å². The summed E-state index contributed by atoms with van der Waals surface area (Å²) >= 11 is 0. The van der Waals surface area contributed by atoms with E-state index in [0.717, 1.165) is 25.5 Å². The Kier molecular flexibility index (Phi) is 5.70. The van der Waals surface area contributed by atoms with E-state index in [4.69, 9.17) is 4.74 Å². The van der Waals surface area contributed by atoms with Gasteiger partial charge in [-0.1, -0.05) is 19.4 Å². The number of esters is 1. The largest absolute Gasteiger partial charge is 0.465 e. The Morgan fingerprint density at radius 1 is 0.906 bits per heavy atom. The van der Waals surface area contributed by atoms with Crippen LogP contribution in [0.1, 0.15) is 15.9 Å². The molecular formula is C17H17F5O7S3. The molecule has 2 aromatic carbocycles. The third-order valence-electron chi connectivity index (χ3n) is 4.10. The van der Waals surface area contributed by atoms with Crippen LogP contribution in [-0.4, -0.2) is 42.4 Å². The van der Waals surface area contributed by atoms with Crippen molar-refractivity contribution in [1.82, 2.24) is 0 Å². The van der Waals surface area contributed by atoms with Crippen LogP contribution in [0.4, 0.5) is 19.4 Å². The van der Waals surface area contributed by atoms with Crippen LogP contribution in [-0.2, 0) is 24.4 Å². The third kappa shape index (κ3) is 5.50. The van der Waals surface area contributed by atoms with E-state index in [9.17, 15) is 41.1 Å². The van der Waals surface area contributed by atoms with E-state index in [2.05, 4.69) is 4.74 Å². The van der Waals surface area contributed by atoms with E-state index < -0.39 is 62.1 Å². The summed E-state index contributed by atoms with van der Waals surface area (Å²) in [6, 6.07) is 2.74. The highest BCUT2D eigenvalue weighted by Crippen LogP contribution is 3.02. The summed E-state index contributed by atoms with van der Waals surface area (Å²) in [6.45, 7) is 1.21. The van der Waals surface area contributed by atoms with Crippen LogP contribution in [0.2, 0.25) is 0 Å². The molecule has 7 nitrogen and oxygen atoms in total. The molecule has 0 spiro atoms. The number of sulfone groups is 2. The summed E-state index contributed by atoms with van der Waals surface area (Å²) in [5.41, 5.74) is -0.335. The smallest absolute Gasteiger partial charge is 0.338 e. The number of carbonyl (C=O) groups excluding carboxylic acids is 1. The molecule has 32 heavy (non-hydrogen) atoms. The van der Waals surface area contributed by atoms with E-state index in [1.807, 2.05) is 0 Å². The number of rotatable bonds is 6. The van der Waals surface area contributed by atoms with Crippen molar-refractivity contribution >= 4 is 35.9 Å². The lowest BCUT2D eigenvalue weighted by atomic mass is 10.1. The average Bonchev–Trinajstić information content (AvgIpc) is 2.57. The maximum Gasteiger partial charge on any atom is 0.338 e. The SMILES string of the molecule is COC(=O)c1ccc(Oc2ccc(S(C)(=O)=O)c(S(F)(F)(F)(F)F)c2)c(S(C)(=O)=O)c1C. The molecule has 0 saturated carbocycles. The number of carbonyl (C=O) groups is 1. The molecule has 0 atom stereocenters. The highest BCUT2D eigenvalue weighted by atomic mass is 32.5. The number of benzene rings is 2. The van der Waals surface area contributed by atoms with Crippen LogP contribution in [0.3, 0.4) is 0 Å². The fraction of sp³-hybridized carbons (Fsp3) is 0.235. The lowest BCUT2D eigenvalue weighted by molar-refractivity contribution is 0.0599. The Hall–Kier alpha value is -2.39. The molecule has 2 rings (SSSR count). The lowest BCUT2D eigenvalue weighted by Crippen LogP contribution is -2.13. The second-order valence-corrected chi connectivity index (χ2v) is 13.1. The molecule has 0 bridgehead atoms. The first-order valence-electron chi connectivity index (χ1n) is 8.24. The zero-order chi connectivity index (χ0) is 25.0. The van der Waals surface area contributed by atoms with Crippen LogP contribution in [0.5, 0.6) is 11.5 Å². The van der Waals surface area contributed by atoms with Gasteiger partial charge >= 0.3 is 16.2 Å². The summed E-state index contributed by atoms with van der Waals surface area (Å²) in [7, 11) is -18.3. The number of halogens is 5. The topological polar surface area (TPSA) is 104 Å². The quantitative estimate of drug-likeness (QED) is 0.385. The average molecular weight is 525 g/mol. The van der Waals surface area contributed by atoms with Gasteiger partial charge in [-0.15, -0.1) is 0 Å². The van der Waals surface area contributed by atoms with Crippen molar-refractivity contribution in [1.29, 1.82) is 0 Å². The Bertz CT molecular complexity index is 1330. The van der Waals surface area contributed by atoms with Gasteiger partial charge in [0.1, 0.15) is 21.3 Å². The summed E-state index contributed by atoms with van der Waals surface area (Å²) in [4.78, 5) is 6.86. The first kappa shape index (κ1) is 25.9. The molecule has 180 valence electrons. The van der Waals surface area contributed by atoms with Crippen LogP contribution >= 0.6 is 10.2 Å². The molecule has 0 fully saturated rings. The second-order valence-electron chi connectivity index (χ2n) is 6.78. The molecule has 0 aromatic heterocycles. The van der Waals surface area contributed by atoms with Gasteiger partial charge in [0.15, 0.2) is 19.7 Å². The van der Waals surface area contributed by atoms with Crippen molar-refractivity contribution in [3.8, 4) is 11.5 Å². The minimum absolute atomic E-state index is 0.155. The molecule has 2 aromatic rings. The zero-order valence-corrected chi connectivity index (χ0v) is 19.3. The predicted molar refractivity (Wildman–Crippen MR) is 107 cm³/mol. The molecule has 0 aliphatic rings. The van der Waals surface area contributed by atoms with Gasteiger partial charge in [0.2, 0.25) is 0 Å². The van der Waals surface area contributed by atoms with E-state index in [1.54, 1.807) is 0 Å². The van der Waals surface area contributed by atoms with E-state index in [1.165, 1.54) is 6.92 Å². The molecule has 0 saturated heterocycles. The fourth-order valence-electron chi connectivity index (χ4n) is 2.83. The molecule has 0 N–H and O–H groups in total. The van der Waals surface area contributed by atoms with E-state index in [0.29, 0.717) is 12.3 Å². The van der Waals surface area contributed by atoms with Gasteiger partial charge in [-0.05, 0) is 36.8 Å². The molecule has 0 aliphatic heterocycles. The second kappa shape index (κ2) is 7.05. The Morgan fingerprint density at radius 3 is 1.91 bits per heavy atom. The van der Waals surface area contributed by atoms with E-state index >= 15 is 0 Å². The Labute approximate surface area is 180 Å². The van der Waals surface area contributed by atoms with Gasteiger partial charge in [0.05, 0.1) is 17.6 Å². The summed E-state index contributed by atoms with van der Waals surface area (Å²) in [6.07, 6.45) is 1.06. The van der Waals surface area contributed by atoms with E-state index in [-0.39, 0.29) is 23.3 Å². The van der Waals surface area contributed by atoms with Gasteiger partial charge < -0.3 is 9.47 Å². The van der Waals surface area contributed by atoms with Crippen molar-refractivity contribution in [2.24, 2.45) is 0 Å². The number of hydrogen-bond acceptors (Lipinski definition) is 7. The number of hydrogen-bond donors (Lipinski definition) is 0. The molecule has 0 heterocycles. The Morgan fingerprint density at radius 2 is 1.47 bits per heavy atom. The van der Waals surface area contributed by atoms with Gasteiger partial charge in [0, 0.05) is 18.6 Å². The number of ether oxygens (including phenoxy) is 2. The fourth-order valence-corrected chi connectivity index (χ4v) is 6.42. The maximum atomic E-state index is 13.5. The molecule has 0 aliphatic carbocycles. The minimum Gasteiger partial charge on any atom is -0.465 e. The van der Waals surface area contributed by atoms with Crippen LogP contribution in [0.25, 0.3) is 0 Å². The van der Waals surface area contributed by atoms with Crippen LogP contribution in [0.15, 0.2) is 45.0 Å². The van der Waals surface area contributed by atoms with Crippen molar-refractivity contribution in [3.05, 3.63) is 41.5 Å². The molecule has 0 unspecified atom stereocenters. The highest BCUT2D eigenvalue weighted by Gasteiger charge is 2.67. The summed E-state index contributed by atoms with van der Waals surface area (Å²) < 4.78 is 125. The molecular weight excluding hydrogens is 507 g/mol. The Balaban J connectivity index is 2.79. The summed E-state index contributed by atoms with van der Waals surface area (Å²) in [5, 5.41) is 0. The highest BCUT2D eigenvalue weighted by molar-refractivity contribution is 8.45. The van der Waals surface area contributed by atoms with Crippen molar-refractivity contribution in [2.75, 3.05) is 19.6 Å². The minimum atomic E-state index is -10.5. The van der Waals surface area contributed by atoms with Gasteiger partial charge in [-0.2, -0.15) is 0 Å². The maximum absolute atomic E-state index is 13.5. The zero-order valence-electron chi connectivity index (χ0n) is 16.9. The molecule has 0 radical (unpaired) electrons. The van der Waals surface area contributed by atoms with Crippen molar-refractivity contribution in [2.45, 2.75) is 21.6 Å². The van der Waals surface area contributed by atoms with Gasteiger partial charge in [-0.3, -0.25) is 0 Å². The third-order valence-corrected chi connectivity index (χ3v) is 7.81. The van der Waals surface area contributed by atoms with Crippen molar-refractivity contribution in [3.63, 3.8) is 0 Å². The van der Waals surface area contributed by atoms with Gasteiger partial charge in [0.25, 0.3) is 0 Å². The monoisotopic (exact) mass is 524 g/mol.